The zero-order chi connectivity index (χ0) is 21.5. The van der Waals surface area contributed by atoms with Crippen LogP contribution in [0.1, 0.15) is 27.6 Å². The Balaban J connectivity index is 1.72. The van der Waals surface area contributed by atoms with Crippen LogP contribution in [0.4, 0.5) is 5.69 Å². The molecule has 2 heterocycles. The van der Waals surface area contributed by atoms with E-state index in [4.69, 9.17) is 4.74 Å². The van der Waals surface area contributed by atoms with Crippen molar-refractivity contribution in [1.29, 1.82) is 0 Å². The number of hydrogen-bond donors (Lipinski definition) is 0. The number of benzene rings is 2. The highest BCUT2D eigenvalue weighted by molar-refractivity contribution is 8.16. The Bertz CT molecular complexity index is 1140. The number of nitrogens with zero attached hydrogens (tertiary/aromatic N) is 2. The van der Waals surface area contributed by atoms with Crippen LogP contribution >= 0.6 is 11.8 Å². The molecule has 156 valence electrons. The fourth-order valence-corrected chi connectivity index (χ4v) is 7.54. The van der Waals surface area contributed by atoms with Gasteiger partial charge < -0.3 is 9.64 Å². The van der Waals surface area contributed by atoms with E-state index in [-0.39, 0.29) is 28.6 Å². The molecule has 2 atom stereocenters. The lowest BCUT2D eigenvalue weighted by Gasteiger charge is -2.24. The van der Waals surface area contributed by atoms with E-state index in [1.165, 1.54) is 18.7 Å². The minimum absolute atomic E-state index is 0.00921. The van der Waals surface area contributed by atoms with Crippen LogP contribution in [0.15, 0.2) is 53.5 Å². The summed E-state index contributed by atoms with van der Waals surface area (Å²) < 4.78 is 29.5. The van der Waals surface area contributed by atoms with Crippen molar-refractivity contribution in [1.82, 2.24) is 0 Å². The second kappa shape index (κ2) is 7.88. The van der Waals surface area contributed by atoms with Gasteiger partial charge in [-0.15, -0.1) is 0 Å². The van der Waals surface area contributed by atoms with Crippen molar-refractivity contribution in [3.63, 3.8) is 0 Å². The molecule has 2 aliphatic rings. The monoisotopic (exact) mass is 444 g/mol. The predicted octanol–water partition coefficient (Wildman–Crippen LogP) is 2.81. The number of hydrogen-bond acceptors (Lipinski definition) is 6. The first-order valence-electron chi connectivity index (χ1n) is 9.32. The Labute approximate surface area is 179 Å². The van der Waals surface area contributed by atoms with Gasteiger partial charge >= 0.3 is 0 Å². The fraction of sp³-hybridized carbons (Fsp3) is 0.286. The van der Waals surface area contributed by atoms with Gasteiger partial charge in [0, 0.05) is 22.1 Å². The molecule has 2 aliphatic heterocycles. The second-order valence-electron chi connectivity index (χ2n) is 7.21. The van der Waals surface area contributed by atoms with Gasteiger partial charge in [-0.05, 0) is 43.3 Å². The number of aliphatic imine (C=N–C) groups is 1. The zero-order valence-electron chi connectivity index (χ0n) is 16.4. The average molecular weight is 445 g/mol. The molecule has 0 unspecified atom stereocenters. The number of amides is 1. The molecule has 9 heteroatoms. The molecule has 2 aromatic carbocycles. The molecular weight excluding hydrogens is 424 g/mol. The molecule has 0 aliphatic carbocycles. The predicted molar refractivity (Wildman–Crippen MR) is 118 cm³/mol. The quantitative estimate of drug-likeness (QED) is 0.670. The van der Waals surface area contributed by atoms with Crippen LogP contribution in [0.3, 0.4) is 0 Å². The van der Waals surface area contributed by atoms with Crippen LogP contribution < -0.4 is 9.64 Å². The van der Waals surface area contributed by atoms with Gasteiger partial charge in [0.25, 0.3) is 5.91 Å². The molecule has 0 saturated carbocycles. The summed E-state index contributed by atoms with van der Waals surface area (Å²) in [5, 5.41) is 0.236. The van der Waals surface area contributed by atoms with Crippen molar-refractivity contribution in [3.05, 3.63) is 59.7 Å². The Morgan fingerprint density at radius 1 is 1.10 bits per heavy atom. The lowest BCUT2D eigenvalue weighted by Crippen LogP contribution is -2.37. The minimum Gasteiger partial charge on any atom is -0.497 e. The maximum absolute atomic E-state index is 12.8. The molecule has 2 fully saturated rings. The van der Waals surface area contributed by atoms with E-state index < -0.39 is 15.7 Å². The largest absolute Gasteiger partial charge is 0.497 e. The number of carbonyl (C=O) groups excluding carboxylic acids is 2. The van der Waals surface area contributed by atoms with Crippen molar-refractivity contribution in [2.75, 3.05) is 23.5 Å². The van der Waals surface area contributed by atoms with E-state index in [1.54, 1.807) is 60.5 Å². The maximum Gasteiger partial charge on any atom is 0.279 e. The van der Waals surface area contributed by atoms with Gasteiger partial charge in [-0.1, -0.05) is 23.9 Å². The average Bonchev–Trinajstić information content (AvgIpc) is 3.18. The summed E-state index contributed by atoms with van der Waals surface area (Å²) in [7, 11) is -1.62. The lowest BCUT2D eigenvalue weighted by atomic mass is 10.1. The molecule has 0 bridgehead atoms. The van der Waals surface area contributed by atoms with Crippen LogP contribution in [-0.4, -0.2) is 55.2 Å². The van der Waals surface area contributed by atoms with Crippen molar-refractivity contribution in [2.24, 2.45) is 4.99 Å². The van der Waals surface area contributed by atoms with E-state index in [9.17, 15) is 18.0 Å². The number of thioether (sulfide) groups is 1. The Morgan fingerprint density at radius 2 is 1.83 bits per heavy atom. The topological polar surface area (TPSA) is 93.1 Å². The van der Waals surface area contributed by atoms with Gasteiger partial charge in [0.15, 0.2) is 20.8 Å². The van der Waals surface area contributed by atoms with Crippen molar-refractivity contribution < 1.29 is 22.7 Å². The summed E-state index contributed by atoms with van der Waals surface area (Å²) in [4.78, 5) is 30.7. The van der Waals surface area contributed by atoms with Gasteiger partial charge in [0.2, 0.25) is 0 Å². The summed E-state index contributed by atoms with van der Waals surface area (Å²) in [6, 6.07) is 13.3. The highest BCUT2D eigenvalue weighted by atomic mass is 32.2. The smallest absolute Gasteiger partial charge is 0.279 e. The van der Waals surface area contributed by atoms with Gasteiger partial charge in [-0.25, -0.2) is 8.42 Å². The van der Waals surface area contributed by atoms with E-state index >= 15 is 0 Å². The SMILES string of the molecule is COc1ccc(C(=O)N=C2S[C@H]3CS(=O)(=O)C[C@H]3N2c2cccc(C(C)=O)c2)cc1. The molecule has 2 aromatic rings. The summed E-state index contributed by atoms with van der Waals surface area (Å²) in [5.74, 6) is 0.158. The van der Waals surface area contributed by atoms with Crippen LogP contribution in [-0.2, 0) is 9.84 Å². The van der Waals surface area contributed by atoms with E-state index in [1.807, 2.05) is 0 Å². The number of fused-ring (bicyclic) bond motifs is 1. The third kappa shape index (κ3) is 3.99. The van der Waals surface area contributed by atoms with Crippen LogP contribution in [0.5, 0.6) is 5.75 Å². The van der Waals surface area contributed by atoms with Crippen molar-refractivity contribution >= 4 is 44.1 Å². The highest BCUT2D eigenvalue weighted by Crippen LogP contribution is 2.41. The summed E-state index contributed by atoms with van der Waals surface area (Å²) in [6.07, 6.45) is 0. The molecule has 7 nitrogen and oxygen atoms in total. The lowest BCUT2D eigenvalue weighted by molar-refractivity contribution is 0.0998. The third-order valence-corrected chi connectivity index (χ3v) is 8.34. The number of rotatable bonds is 4. The Kier molecular flexibility index (Phi) is 5.42. The summed E-state index contributed by atoms with van der Waals surface area (Å²) in [6.45, 7) is 1.48. The third-order valence-electron chi connectivity index (χ3n) is 5.13. The number of methoxy groups -OCH3 is 1. The Morgan fingerprint density at radius 3 is 2.50 bits per heavy atom. The Hall–Kier alpha value is -2.65. The van der Waals surface area contributed by atoms with E-state index in [2.05, 4.69) is 4.99 Å². The van der Waals surface area contributed by atoms with Gasteiger partial charge in [-0.3, -0.25) is 9.59 Å². The molecule has 0 radical (unpaired) electrons. The summed E-state index contributed by atoms with van der Waals surface area (Å²) in [5.41, 5.74) is 1.58. The van der Waals surface area contributed by atoms with Crippen molar-refractivity contribution in [2.45, 2.75) is 18.2 Å². The van der Waals surface area contributed by atoms with E-state index in [0.29, 0.717) is 27.7 Å². The number of sulfone groups is 1. The molecule has 1 amide bonds. The standard InChI is InChI=1S/C21H20N2O5S2/c1-13(24)15-4-3-5-16(10-15)23-18-11-30(26,27)12-19(18)29-21(23)22-20(25)14-6-8-17(28-2)9-7-14/h3-10,18-19H,11-12H2,1-2H3/t18-,19+/m1/s1. The number of Topliss-reactive ketones (excluding diaryl/α,β-unsaturated/α-hetero) is 1. The molecular formula is C21H20N2O5S2. The van der Waals surface area contributed by atoms with Crippen LogP contribution in [0.2, 0.25) is 0 Å². The normalized spacial score (nSPS) is 23.4. The maximum atomic E-state index is 12.8. The molecule has 0 N–H and O–H groups in total. The number of ether oxygens (including phenoxy) is 1. The van der Waals surface area contributed by atoms with Gasteiger partial charge in [0.1, 0.15) is 5.75 Å². The zero-order valence-corrected chi connectivity index (χ0v) is 18.1. The number of ketones is 1. The fourth-order valence-electron chi connectivity index (χ4n) is 3.63. The number of anilines is 1. The van der Waals surface area contributed by atoms with Gasteiger partial charge in [0.05, 0.1) is 24.7 Å². The van der Waals surface area contributed by atoms with Crippen LogP contribution in [0, 0.1) is 0 Å². The number of carbonyl (C=O) groups is 2. The molecule has 4 rings (SSSR count). The molecule has 2 saturated heterocycles. The first-order chi connectivity index (χ1) is 14.3. The number of amidine groups is 1. The summed E-state index contributed by atoms with van der Waals surface area (Å²) >= 11 is 1.30. The molecule has 0 aromatic heterocycles. The highest BCUT2D eigenvalue weighted by Gasteiger charge is 2.49. The van der Waals surface area contributed by atoms with Crippen molar-refractivity contribution in [3.8, 4) is 5.75 Å². The first-order valence-corrected chi connectivity index (χ1v) is 12.0. The molecule has 30 heavy (non-hydrogen) atoms. The minimum atomic E-state index is -3.17. The van der Waals surface area contributed by atoms with Gasteiger partial charge in [-0.2, -0.15) is 4.99 Å². The van der Waals surface area contributed by atoms with Crippen LogP contribution in [0.25, 0.3) is 0 Å². The first kappa shape index (κ1) is 20.6. The molecule has 0 spiro atoms. The second-order valence-corrected chi connectivity index (χ2v) is 10.6. The van der Waals surface area contributed by atoms with E-state index in [0.717, 1.165) is 0 Å².